The SMILES string of the molecule is COc1ccc(CC(CO)c2ccc(F)cc2)c(OC)c1. The first kappa shape index (κ1) is 15.3. The lowest BCUT2D eigenvalue weighted by Gasteiger charge is -2.17. The number of aliphatic hydroxyl groups is 1. The van der Waals surface area contributed by atoms with Crippen molar-refractivity contribution < 1.29 is 19.0 Å². The molecular weight excluding hydrogens is 271 g/mol. The minimum atomic E-state index is -0.280. The van der Waals surface area contributed by atoms with Gasteiger partial charge in [-0.2, -0.15) is 0 Å². The van der Waals surface area contributed by atoms with E-state index in [2.05, 4.69) is 0 Å². The molecule has 0 saturated heterocycles. The summed E-state index contributed by atoms with van der Waals surface area (Å²) in [6, 6.07) is 11.8. The van der Waals surface area contributed by atoms with Gasteiger partial charge in [-0.25, -0.2) is 4.39 Å². The second-order valence-corrected chi connectivity index (χ2v) is 4.81. The van der Waals surface area contributed by atoms with E-state index in [0.29, 0.717) is 6.42 Å². The summed E-state index contributed by atoms with van der Waals surface area (Å²) in [6.45, 7) is -0.0131. The van der Waals surface area contributed by atoms with E-state index in [4.69, 9.17) is 9.47 Å². The summed E-state index contributed by atoms with van der Waals surface area (Å²) in [5.74, 6) is 1.05. The maximum absolute atomic E-state index is 13.0. The van der Waals surface area contributed by atoms with Crippen LogP contribution in [0, 0.1) is 5.82 Å². The Morgan fingerprint density at radius 1 is 1.05 bits per heavy atom. The third-order valence-electron chi connectivity index (χ3n) is 3.52. The number of methoxy groups -OCH3 is 2. The van der Waals surface area contributed by atoms with E-state index in [9.17, 15) is 9.50 Å². The average Bonchev–Trinajstić information content (AvgIpc) is 2.53. The molecule has 0 amide bonds. The number of aliphatic hydroxyl groups excluding tert-OH is 1. The summed E-state index contributed by atoms with van der Waals surface area (Å²) < 4.78 is 23.5. The smallest absolute Gasteiger partial charge is 0.125 e. The monoisotopic (exact) mass is 290 g/mol. The van der Waals surface area contributed by atoms with Crippen molar-refractivity contribution in [1.82, 2.24) is 0 Å². The lowest BCUT2D eigenvalue weighted by molar-refractivity contribution is 0.263. The molecule has 0 aromatic heterocycles. The number of halogens is 1. The fraction of sp³-hybridized carbons (Fsp3) is 0.294. The highest BCUT2D eigenvalue weighted by Crippen LogP contribution is 2.29. The van der Waals surface area contributed by atoms with Crippen LogP contribution in [-0.2, 0) is 6.42 Å². The molecule has 0 heterocycles. The maximum atomic E-state index is 13.0. The Labute approximate surface area is 124 Å². The van der Waals surface area contributed by atoms with E-state index < -0.39 is 0 Å². The Hall–Kier alpha value is -2.07. The Balaban J connectivity index is 2.24. The minimum absolute atomic E-state index is 0.0131. The zero-order chi connectivity index (χ0) is 15.2. The van der Waals surface area contributed by atoms with Crippen molar-refractivity contribution in [2.45, 2.75) is 12.3 Å². The molecular formula is C17H19FO3. The molecule has 0 bridgehead atoms. The van der Waals surface area contributed by atoms with E-state index in [1.807, 2.05) is 18.2 Å². The minimum Gasteiger partial charge on any atom is -0.497 e. The maximum Gasteiger partial charge on any atom is 0.125 e. The first-order chi connectivity index (χ1) is 10.2. The standard InChI is InChI=1S/C17H19FO3/c1-20-16-8-5-13(17(10-16)21-2)9-14(11-19)12-3-6-15(18)7-4-12/h3-8,10,14,19H,9,11H2,1-2H3. The van der Waals surface area contributed by atoms with Gasteiger partial charge in [0.25, 0.3) is 0 Å². The predicted molar refractivity (Wildman–Crippen MR) is 79.5 cm³/mol. The third kappa shape index (κ3) is 3.73. The van der Waals surface area contributed by atoms with Gasteiger partial charge < -0.3 is 14.6 Å². The fourth-order valence-corrected chi connectivity index (χ4v) is 2.31. The van der Waals surface area contributed by atoms with Crippen LogP contribution in [0.25, 0.3) is 0 Å². The second kappa shape index (κ2) is 7.09. The van der Waals surface area contributed by atoms with Crippen LogP contribution in [-0.4, -0.2) is 25.9 Å². The highest BCUT2D eigenvalue weighted by atomic mass is 19.1. The Morgan fingerprint density at radius 2 is 1.76 bits per heavy atom. The van der Waals surface area contributed by atoms with Crippen LogP contribution in [0.2, 0.25) is 0 Å². The van der Waals surface area contributed by atoms with Crippen LogP contribution in [0.5, 0.6) is 11.5 Å². The molecule has 0 aliphatic rings. The Bertz CT molecular complexity index is 581. The molecule has 0 aliphatic heterocycles. The van der Waals surface area contributed by atoms with Crippen molar-refractivity contribution in [3.05, 3.63) is 59.4 Å². The molecule has 0 fully saturated rings. The van der Waals surface area contributed by atoms with E-state index in [1.54, 1.807) is 26.4 Å². The van der Waals surface area contributed by atoms with Crippen molar-refractivity contribution in [3.8, 4) is 11.5 Å². The molecule has 0 radical (unpaired) electrons. The molecule has 1 atom stereocenters. The van der Waals surface area contributed by atoms with Gasteiger partial charge in [-0.05, 0) is 35.7 Å². The molecule has 112 valence electrons. The molecule has 2 aromatic carbocycles. The van der Waals surface area contributed by atoms with E-state index in [-0.39, 0.29) is 18.3 Å². The molecule has 0 spiro atoms. The van der Waals surface area contributed by atoms with Gasteiger partial charge in [0.1, 0.15) is 17.3 Å². The van der Waals surface area contributed by atoms with Gasteiger partial charge in [-0.1, -0.05) is 18.2 Å². The zero-order valence-electron chi connectivity index (χ0n) is 12.2. The molecule has 4 heteroatoms. The summed E-state index contributed by atoms with van der Waals surface area (Å²) in [4.78, 5) is 0. The van der Waals surface area contributed by atoms with E-state index >= 15 is 0 Å². The lowest BCUT2D eigenvalue weighted by atomic mass is 9.92. The Kier molecular flexibility index (Phi) is 5.17. The van der Waals surface area contributed by atoms with E-state index in [1.165, 1.54) is 12.1 Å². The van der Waals surface area contributed by atoms with Crippen LogP contribution in [0.3, 0.4) is 0 Å². The molecule has 21 heavy (non-hydrogen) atoms. The van der Waals surface area contributed by atoms with E-state index in [0.717, 1.165) is 22.6 Å². The topological polar surface area (TPSA) is 38.7 Å². The quantitative estimate of drug-likeness (QED) is 0.888. The van der Waals surface area contributed by atoms with Gasteiger partial charge >= 0.3 is 0 Å². The predicted octanol–water partition coefficient (Wildman–Crippen LogP) is 3.16. The number of hydrogen-bond acceptors (Lipinski definition) is 3. The summed E-state index contributed by atoms with van der Waals surface area (Å²) in [6.07, 6.45) is 0.606. The van der Waals surface area contributed by atoms with Crippen molar-refractivity contribution in [3.63, 3.8) is 0 Å². The largest absolute Gasteiger partial charge is 0.497 e. The van der Waals surface area contributed by atoms with Gasteiger partial charge in [0, 0.05) is 12.0 Å². The molecule has 2 rings (SSSR count). The van der Waals surface area contributed by atoms with Gasteiger partial charge in [0.2, 0.25) is 0 Å². The number of rotatable bonds is 6. The van der Waals surface area contributed by atoms with Gasteiger partial charge in [0.15, 0.2) is 0 Å². The summed E-state index contributed by atoms with van der Waals surface area (Å²) in [5, 5.41) is 9.62. The van der Waals surface area contributed by atoms with Gasteiger partial charge in [0.05, 0.1) is 20.8 Å². The van der Waals surface area contributed by atoms with Crippen LogP contribution < -0.4 is 9.47 Å². The van der Waals surface area contributed by atoms with Crippen molar-refractivity contribution in [2.75, 3.05) is 20.8 Å². The molecule has 2 aromatic rings. The first-order valence-corrected chi connectivity index (χ1v) is 6.75. The van der Waals surface area contributed by atoms with Gasteiger partial charge in [-0.15, -0.1) is 0 Å². The fourth-order valence-electron chi connectivity index (χ4n) is 2.31. The number of benzene rings is 2. The van der Waals surface area contributed by atoms with Crippen LogP contribution in [0.4, 0.5) is 4.39 Å². The van der Waals surface area contributed by atoms with Crippen molar-refractivity contribution >= 4 is 0 Å². The Morgan fingerprint density at radius 3 is 2.33 bits per heavy atom. The normalized spacial score (nSPS) is 12.0. The molecule has 1 unspecified atom stereocenters. The summed E-state index contributed by atoms with van der Waals surface area (Å²) in [7, 11) is 3.20. The summed E-state index contributed by atoms with van der Waals surface area (Å²) >= 11 is 0. The second-order valence-electron chi connectivity index (χ2n) is 4.81. The summed E-state index contributed by atoms with van der Waals surface area (Å²) in [5.41, 5.74) is 1.87. The highest BCUT2D eigenvalue weighted by molar-refractivity contribution is 5.42. The van der Waals surface area contributed by atoms with Crippen molar-refractivity contribution in [2.24, 2.45) is 0 Å². The molecule has 1 N–H and O–H groups in total. The molecule has 0 aliphatic carbocycles. The number of hydrogen-bond donors (Lipinski definition) is 1. The molecule has 3 nitrogen and oxygen atoms in total. The highest BCUT2D eigenvalue weighted by Gasteiger charge is 2.15. The van der Waals surface area contributed by atoms with Crippen LogP contribution >= 0.6 is 0 Å². The van der Waals surface area contributed by atoms with Crippen molar-refractivity contribution in [1.29, 1.82) is 0 Å². The number of ether oxygens (including phenoxy) is 2. The zero-order valence-corrected chi connectivity index (χ0v) is 12.2. The average molecular weight is 290 g/mol. The van der Waals surface area contributed by atoms with Crippen LogP contribution in [0.15, 0.2) is 42.5 Å². The third-order valence-corrected chi connectivity index (χ3v) is 3.52. The lowest BCUT2D eigenvalue weighted by Crippen LogP contribution is -2.09. The first-order valence-electron chi connectivity index (χ1n) is 6.75. The van der Waals surface area contributed by atoms with Gasteiger partial charge in [-0.3, -0.25) is 0 Å². The van der Waals surface area contributed by atoms with Crippen LogP contribution in [0.1, 0.15) is 17.0 Å². The molecule has 0 saturated carbocycles.